The van der Waals surface area contributed by atoms with Crippen LogP contribution in [0.15, 0.2) is 85.1 Å². The van der Waals surface area contributed by atoms with Crippen molar-refractivity contribution in [2.45, 2.75) is 0 Å². The molecule has 0 saturated carbocycles. The van der Waals surface area contributed by atoms with Crippen LogP contribution in [0.4, 0.5) is 0 Å². The lowest BCUT2D eigenvalue weighted by Gasteiger charge is -2.10. The lowest BCUT2D eigenvalue weighted by atomic mass is 10.0. The van der Waals surface area contributed by atoms with Crippen molar-refractivity contribution in [2.24, 2.45) is 0 Å². The first-order valence-electron chi connectivity index (χ1n) is 8.52. The van der Waals surface area contributed by atoms with Gasteiger partial charge in [0.1, 0.15) is 0 Å². The Balaban J connectivity index is 1.82. The third kappa shape index (κ3) is 2.47. The molecule has 1 N–H and O–H groups in total. The van der Waals surface area contributed by atoms with Gasteiger partial charge in [0.15, 0.2) is 0 Å². The van der Waals surface area contributed by atoms with Gasteiger partial charge < -0.3 is 4.98 Å². The highest BCUT2D eigenvalue weighted by molar-refractivity contribution is 6.30. The van der Waals surface area contributed by atoms with Crippen molar-refractivity contribution >= 4 is 33.3 Å². The van der Waals surface area contributed by atoms with Crippen molar-refractivity contribution in [1.29, 1.82) is 0 Å². The summed E-state index contributed by atoms with van der Waals surface area (Å²) < 4.78 is 0. The van der Waals surface area contributed by atoms with E-state index in [1.165, 1.54) is 10.8 Å². The van der Waals surface area contributed by atoms with Gasteiger partial charge in [0.25, 0.3) is 0 Å². The number of hydrogen-bond acceptors (Lipinski definition) is 1. The predicted molar refractivity (Wildman–Crippen MR) is 109 cm³/mol. The predicted octanol–water partition coefficient (Wildman–Crippen LogP) is 6.70. The number of pyridine rings is 1. The van der Waals surface area contributed by atoms with E-state index < -0.39 is 0 Å². The van der Waals surface area contributed by atoms with Crippen LogP contribution < -0.4 is 0 Å². The fourth-order valence-electron chi connectivity index (χ4n) is 3.44. The topological polar surface area (TPSA) is 28.7 Å². The maximum atomic E-state index is 6.05. The van der Waals surface area contributed by atoms with E-state index in [0.29, 0.717) is 0 Å². The lowest BCUT2D eigenvalue weighted by molar-refractivity contribution is 1.35. The number of benzene rings is 3. The van der Waals surface area contributed by atoms with Crippen molar-refractivity contribution in [3.8, 4) is 22.5 Å². The van der Waals surface area contributed by atoms with Crippen LogP contribution in [0.25, 0.3) is 44.2 Å². The first-order chi connectivity index (χ1) is 12.8. The van der Waals surface area contributed by atoms with Crippen LogP contribution in [0, 0.1) is 0 Å². The molecule has 0 amide bonds. The summed E-state index contributed by atoms with van der Waals surface area (Å²) in [6, 6.07) is 26.7. The summed E-state index contributed by atoms with van der Waals surface area (Å²) in [6.07, 6.45) is 2.05. The summed E-state index contributed by atoms with van der Waals surface area (Å²) in [5.41, 5.74) is 5.23. The smallest absolute Gasteiger partial charge is 0.0809 e. The molecule has 0 aliphatic rings. The molecule has 0 radical (unpaired) electrons. The van der Waals surface area contributed by atoms with Crippen LogP contribution >= 0.6 is 11.6 Å². The van der Waals surface area contributed by atoms with Crippen molar-refractivity contribution in [3.05, 3.63) is 90.1 Å². The van der Waals surface area contributed by atoms with Crippen LogP contribution in [0.3, 0.4) is 0 Å². The highest BCUT2D eigenvalue weighted by Gasteiger charge is 2.13. The minimum atomic E-state index is 0.728. The molecule has 0 atom stereocenters. The second-order valence-electron chi connectivity index (χ2n) is 6.33. The van der Waals surface area contributed by atoms with E-state index in [9.17, 15) is 0 Å². The molecule has 124 valence electrons. The minimum Gasteiger partial charge on any atom is -0.360 e. The number of rotatable bonds is 2. The molecule has 3 aromatic carbocycles. The molecule has 5 aromatic rings. The van der Waals surface area contributed by atoms with Gasteiger partial charge in [-0.2, -0.15) is 0 Å². The second-order valence-corrected chi connectivity index (χ2v) is 6.77. The first-order valence-corrected chi connectivity index (χ1v) is 8.89. The Bertz CT molecular complexity index is 1240. The van der Waals surface area contributed by atoms with E-state index in [2.05, 4.69) is 53.5 Å². The Labute approximate surface area is 156 Å². The molecule has 0 spiro atoms. The molecule has 2 heterocycles. The molecular weight excluding hydrogens is 340 g/mol. The molecule has 0 saturated heterocycles. The van der Waals surface area contributed by atoms with Gasteiger partial charge in [0.05, 0.1) is 11.4 Å². The number of aromatic nitrogens is 2. The fourth-order valence-corrected chi connectivity index (χ4v) is 3.57. The average molecular weight is 355 g/mol. The van der Waals surface area contributed by atoms with Crippen LogP contribution in [0.5, 0.6) is 0 Å². The molecule has 3 heteroatoms. The number of nitrogens with one attached hydrogen (secondary N) is 1. The normalized spacial score (nSPS) is 11.3. The van der Waals surface area contributed by atoms with Gasteiger partial charge in [0.2, 0.25) is 0 Å². The van der Waals surface area contributed by atoms with E-state index in [-0.39, 0.29) is 0 Å². The maximum absolute atomic E-state index is 6.05. The number of fused-ring (bicyclic) bond motifs is 2. The molecule has 5 rings (SSSR count). The van der Waals surface area contributed by atoms with E-state index in [1.807, 2.05) is 36.5 Å². The van der Waals surface area contributed by atoms with E-state index >= 15 is 0 Å². The van der Waals surface area contributed by atoms with Crippen LogP contribution in [0.2, 0.25) is 5.02 Å². The van der Waals surface area contributed by atoms with Crippen molar-refractivity contribution in [3.63, 3.8) is 0 Å². The number of nitrogens with zero attached hydrogens (tertiary/aromatic N) is 1. The molecule has 26 heavy (non-hydrogen) atoms. The molecular formula is C23H15ClN2. The highest BCUT2D eigenvalue weighted by Crippen LogP contribution is 2.35. The summed E-state index contributed by atoms with van der Waals surface area (Å²) in [5.74, 6) is 0. The maximum Gasteiger partial charge on any atom is 0.0809 e. The van der Waals surface area contributed by atoms with Gasteiger partial charge in [-0.05, 0) is 29.7 Å². The van der Waals surface area contributed by atoms with Crippen LogP contribution in [-0.2, 0) is 0 Å². The van der Waals surface area contributed by atoms with Crippen molar-refractivity contribution < 1.29 is 0 Å². The first kappa shape index (κ1) is 15.2. The van der Waals surface area contributed by atoms with Gasteiger partial charge in [-0.25, -0.2) is 4.98 Å². The van der Waals surface area contributed by atoms with E-state index in [4.69, 9.17) is 16.6 Å². The third-order valence-corrected chi connectivity index (χ3v) is 4.98. The highest BCUT2D eigenvalue weighted by atomic mass is 35.5. The Hall–Kier alpha value is -3.10. The standard InChI is InChI=1S/C23H15ClN2/c24-17-11-9-15(10-12-17)22-13-16-5-1-2-6-18(16)23(26-22)20-14-25-21-8-4-3-7-19(20)21/h1-14,25H. The van der Waals surface area contributed by atoms with Gasteiger partial charge in [0, 0.05) is 38.6 Å². The summed E-state index contributed by atoms with van der Waals surface area (Å²) >= 11 is 6.05. The molecule has 2 aromatic heterocycles. The number of halogens is 1. The number of hydrogen-bond donors (Lipinski definition) is 1. The van der Waals surface area contributed by atoms with Crippen LogP contribution in [-0.4, -0.2) is 9.97 Å². The Morgan fingerprint density at radius 1 is 0.769 bits per heavy atom. The quantitative estimate of drug-likeness (QED) is 0.375. The second kappa shape index (κ2) is 6.01. The largest absolute Gasteiger partial charge is 0.360 e. The zero-order valence-corrected chi connectivity index (χ0v) is 14.7. The molecule has 0 aliphatic heterocycles. The minimum absolute atomic E-state index is 0.728. The number of H-pyrrole nitrogens is 1. The molecule has 0 aliphatic carbocycles. The van der Waals surface area contributed by atoms with Gasteiger partial charge in [-0.3, -0.25) is 0 Å². The molecule has 2 nitrogen and oxygen atoms in total. The monoisotopic (exact) mass is 354 g/mol. The van der Waals surface area contributed by atoms with Gasteiger partial charge in [-0.1, -0.05) is 66.2 Å². The molecule has 0 bridgehead atoms. The van der Waals surface area contributed by atoms with Crippen molar-refractivity contribution in [1.82, 2.24) is 9.97 Å². The summed E-state index contributed by atoms with van der Waals surface area (Å²) in [6.45, 7) is 0. The number of aromatic amines is 1. The van der Waals surface area contributed by atoms with Gasteiger partial charge in [-0.15, -0.1) is 0 Å². The Kier molecular flexibility index (Phi) is 3.51. The van der Waals surface area contributed by atoms with Crippen molar-refractivity contribution in [2.75, 3.05) is 0 Å². The van der Waals surface area contributed by atoms with Gasteiger partial charge >= 0.3 is 0 Å². The average Bonchev–Trinajstić information content (AvgIpc) is 3.12. The number of para-hydroxylation sites is 1. The van der Waals surface area contributed by atoms with E-state index in [1.54, 1.807) is 0 Å². The SMILES string of the molecule is Clc1ccc(-c2cc3ccccc3c(-c3c[nH]c4ccccc34)n2)cc1. The lowest BCUT2D eigenvalue weighted by Crippen LogP contribution is -1.90. The van der Waals surface area contributed by atoms with Crippen LogP contribution in [0.1, 0.15) is 0 Å². The zero-order chi connectivity index (χ0) is 17.5. The zero-order valence-electron chi connectivity index (χ0n) is 13.9. The fraction of sp³-hybridized carbons (Fsp3) is 0. The summed E-state index contributed by atoms with van der Waals surface area (Å²) in [5, 5.41) is 4.23. The summed E-state index contributed by atoms with van der Waals surface area (Å²) in [4.78, 5) is 8.39. The molecule has 0 fully saturated rings. The summed E-state index contributed by atoms with van der Waals surface area (Å²) in [7, 11) is 0. The van der Waals surface area contributed by atoms with E-state index in [0.717, 1.165) is 38.4 Å². The third-order valence-electron chi connectivity index (χ3n) is 4.72. The Morgan fingerprint density at radius 3 is 2.35 bits per heavy atom. The Morgan fingerprint density at radius 2 is 1.50 bits per heavy atom. The molecule has 0 unspecified atom stereocenters.